The number of nitrogens with one attached hydrogen (secondary N) is 1. The second kappa shape index (κ2) is 6.06. The predicted octanol–water partition coefficient (Wildman–Crippen LogP) is 1.42. The minimum Gasteiger partial charge on any atom is -0.483 e. The second-order valence-corrected chi connectivity index (χ2v) is 5.07. The number of amides is 1. The van der Waals surface area contributed by atoms with Crippen LogP contribution in [0.15, 0.2) is 12.1 Å². The third-order valence-electron chi connectivity index (χ3n) is 3.68. The van der Waals surface area contributed by atoms with Gasteiger partial charge in [-0.1, -0.05) is 12.1 Å². The Bertz CT molecular complexity index is 465. The fourth-order valence-corrected chi connectivity index (χ4v) is 2.29. The van der Waals surface area contributed by atoms with Crippen molar-refractivity contribution in [2.24, 2.45) is 0 Å². The molecule has 1 amide bonds. The Morgan fingerprint density at radius 2 is 1.84 bits per heavy atom. The van der Waals surface area contributed by atoms with Gasteiger partial charge >= 0.3 is 0 Å². The van der Waals surface area contributed by atoms with Crippen LogP contribution < -0.4 is 10.1 Å². The van der Waals surface area contributed by atoms with Crippen LogP contribution >= 0.6 is 0 Å². The molecule has 0 radical (unpaired) electrons. The fourth-order valence-electron chi connectivity index (χ4n) is 2.29. The summed E-state index contributed by atoms with van der Waals surface area (Å²) in [6, 6.07) is 4.11. The number of aryl methyl sites for hydroxylation is 2. The summed E-state index contributed by atoms with van der Waals surface area (Å²) in [4.78, 5) is 13.9. The molecule has 19 heavy (non-hydrogen) atoms. The van der Waals surface area contributed by atoms with E-state index in [9.17, 15) is 4.79 Å². The molecule has 1 N–H and O–H groups in total. The van der Waals surface area contributed by atoms with Crippen LogP contribution in [0.2, 0.25) is 0 Å². The van der Waals surface area contributed by atoms with Gasteiger partial charge in [0.2, 0.25) is 0 Å². The van der Waals surface area contributed by atoms with Crippen molar-refractivity contribution in [3.8, 4) is 5.75 Å². The van der Waals surface area contributed by atoms with E-state index in [-0.39, 0.29) is 12.5 Å². The summed E-state index contributed by atoms with van der Waals surface area (Å²) in [7, 11) is 0. The van der Waals surface area contributed by atoms with Crippen LogP contribution in [0.3, 0.4) is 0 Å². The molecule has 0 saturated carbocycles. The van der Waals surface area contributed by atoms with Gasteiger partial charge in [0.15, 0.2) is 6.61 Å². The Hall–Kier alpha value is -1.55. The molecule has 104 valence electrons. The third kappa shape index (κ3) is 3.26. The number of rotatable bonds is 3. The first-order chi connectivity index (χ1) is 9.09. The third-order valence-corrected chi connectivity index (χ3v) is 3.68. The number of benzene rings is 1. The number of piperazine rings is 1. The minimum absolute atomic E-state index is 0.0711. The average Bonchev–Trinajstić information content (AvgIpc) is 2.44. The van der Waals surface area contributed by atoms with Crippen molar-refractivity contribution in [1.82, 2.24) is 10.2 Å². The van der Waals surface area contributed by atoms with Crippen LogP contribution in [0.25, 0.3) is 0 Å². The van der Waals surface area contributed by atoms with E-state index in [0.717, 1.165) is 43.1 Å². The van der Waals surface area contributed by atoms with Gasteiger partial charge in [0, 0.05) is 26.2 Å². The molecule has 1 aromatic carbocycles. The van der Waals surface area contributed by atoms with E-state index in [1.54, 1.807) is 0 Å². The fraction of sp³-hybridized carbons (Fsp3) is 0.533. The maximum absolute atomic E-state index is 12.1. The molecule has 1 aliphatic heterocycles. The van der Waals surface area contributed by atoms with Gasteiger partial charge in [-0.05, 0) is 37.5 Å². The van der Waals surface area contributed by atoms with E-state index >= 15 is 0 Å². The molecule has 0 aliphatic carbocycles. The summed E-state index contributed by atoms with van der Waals surface area (Å²) in [6.45, 7) is 9.51. The molecular formula is C15H22N2O2. The lowest BCUT2D eigenvalue weighted by Gasteiger charge is -2.27. The molecular weight excluding hydrogens is 240 g/mol. The van der Waals surface area contributed by atoms with E-state index in [1.165, 1.54) is 5.56 Å². The normalized spacial score (nSPS) is 15.4. The molecule has 1 heterocycles. The van der Waals surface area contributed by atoms with Crippen molar-refractivity contribution in [2.45, 2.75) is 20.8 Å². The van der Waals surface area contributed by atoms with Crippen LogP contribution in [0, 0.1) is 20.8 Å². The lowest BCUT2D eigenvalue weighted by molar-refractivity contribution is -0.133. The topological polar surface area (TPSA) is 41.6 Å². The summed E-state index contributed by atoms with van der Waals surface area (Å²) in [5.74, 6) is 0.922. The molecule has 2 rings (SSSR count). The van der Waals surface area contributed by atoms with Crippen LogP contribution in [0.4, 0.5) is 0 Å². The SMILES string of the molecule is Cc1ccc(C)c(OCC(=O)N2CCNCC2)c1C. The van der Waals surface area contributed by atoms with Crippen molar-refractivity contribution in [3.63, 3.8) is 0 Å². The van der Waals surface area contributed by atoms with Crippen LogP contribution in [0.5, 0.6) is 5.75 Å². The number of nitrogens with zero attached hydrogens (tertiary/aromatic N) is 1. The van der Waals surface area contributed by atoms with Crippen LogP contribution in [-0.4, -0.2) is 43.6 Å². The highest BCUT2D eigenvalue weighted by atomic mass is 16.5. The van der Waals surface area contributed by atoms with E-state index in [4.69, 9.17) is 4.74 Å². The van der Waals surface area contributed by atoms with Gasteiger partial charge in [0.25, 0.3) is 5.91 Å². The quantitative estimate of drug-likeness (QED) is 0.896. The number of carbonyl (C=O) groups is 1. The largest absolute Gasteiger partial charge is 0.483 e. The van der Waals surface area contributed by atoms with Crippen LogP contribution in [0.1, 0.15) is 16.7 Å². The van der Waals surface area contributed by atoms with Gasteiger partial charge in [-0.25, -0.2) is 0 Å². The van der Waals surface area contributed by atoms with Crippen molar-refractivity contribution < 1.29 is 9.53 Å². The maximum Gasteiger partial charge on any atom is 0.260 e. The number of ether oxygens (including phenoxy) is 1. The zero-order valence-electron chi connectivity index (χ0n) is 12.0. The van der Waals surface area contributed by atoms with Crippen molar-refractivity contribution in [3.05, 3.63) is 28.8 Å². The molecule has 0 spiro atoms. The number of hydrogen-bond donors (Lipinski definition) is 1. The van der Waals surface area contributed by atoms with Crippen molar-refractivity contribution >= 4 is 5.91 Å². The summed E-state index contributed by atoms with van der Waals surface area (Å²) >= 11 is 0. The molecule has 0 aromatic heterocycles. The first-order valence-corrected chi connectivity index (χ1v) is 6.77. The molecule has 1 saturated heterocycles. The summed E-state index contributed by atoms with van der Waals surface area (Å²) < 4.78 is 5.75. The van der Waals surface area contributed by atoms with Gasteiger partial charge in [-0.2, -0.15) is 0 Å². The number of hydrogen-bond acceptors (Lipinski definition) is 3. The predicted molar refractivity (Wildman–Crippen MR) is 75.6 cm³/mol. The molecule has 4 heteroatoms. The Kier molecular flexibility index (Phi) is 4.43. The summed E-state index contributed by atoms with van der Waals surface area (Å²) in [5.41, 5.74) is 3.39. The molecule has 4 nitrogen and oxygen atoms in total. The number of carbonyl (C=O) groups excluding carboxylic acids is 1. The van der Waals surface area contributed by atoms with Crippen molar-refractivity contribution in [2.75, 3.05) is 32.8 Å². The maximum atomic E-state index is 12.1. The summed E-state index contributed by atoms with van der Waals surface area (Å²) in [5, 5.41) is 3.23. The zero-order valence-corrected chi connectivity index (χ0v) is 12.0. The molecule has 1 aromatic rings. The zero-order chi connectivity index (χ0) is 13.8. The van der Waals surface area contributed by atoms with Gasteiger partial charge in [0.05, 0.1) is 0 Å². The highest BCUT2D eigenvalue weighted by molar-refractivity contribution is 5.78. The van der Waals surface area contributed by atoms with Gasteiger partial charge in [-0.3, -0.25) is 4.79 Å². The molecule has 0 bridgehead atoms. The Morgan fingerprint density at radius 1 is 1.21 bits per heavy atom. The Morgan fingerprint density at radius 3 is 2.53 bits per heavy atom. The molecule has 1 aliphatic rings. The van der Waals surface area contributed by atoms with E-state index in [2.05, 4.69) is 18.3 Å². The van der Waals surface area contributed by atoms with Crippen LogP contribution in [-0.2, 0) is 4.79 Å². The lowest BCUT2D eigenvalue weighted by atomic mass is 10.1. The highest BCUT2D eigenvalue weighted by Gasteiger charge is 2.17. The molecule has 0 unspecified atom stereocenters. The van der Waals surface area contributed by atoms with E-state index in [0.29, 0.717) is 0 Å². The van der Waals surface area contributed by atoms with Gasteiger partial charge in [-0.15, -0.1) is 0 Å². The Labute approximate surface area is 114 Å². The lowest BCUT2D eigenvalue weighted by Crippen LogP contribution is -2.48. The van der Waals surface area contributed by atoms with E-state index < -0.39 is 0 Å². The standard InChI is InChI=1S/C15H22N2O2/c1-11-4-5-12(2)15(13(11)3)19-10-14(18)17-8-6-16-7-9-17/h4-5,16H,6-10H2,1-3H3. The first kappa shape index (κ1) is 13.9. The highest BCUT2D eigenvalue weighted by Crippen LogP contribution is 2.25. The van der Waals surface area contributed by atoms with Gasteiger partial charge < -0.3 is 15.0 Å². The first-order valence-electron chi connectivity index (χ1n) is 6.77. The smallest absolute Gasteiger partial charge is 0.260 e. The van der Waals surface area contributed by atoms with Crippen molar-refractivity contribution in [1.29, 1.82) is 0 Å². The van der Waals surface area contributed by atoms with E-state index in [1.807, 2.05) is 24.8 Å². The van der Waals surface area contributed by atoms with Gasteiger partial charge in [0.1, 0.15) is 5.75 Å². The average molecular weight is 262 g/mol. The summed E-state index contributed by atoms with van der Waals surface area (Å²) in [6.07, 6.45) is 0. The Balaban J connectivity index is 1.98. The molecule has 1 fully saturated rings. The minimum atomic E-state index is 0.0711. The monoisotopic (exact) mass is 262 g/mol. The molecule has 0 atom stereocenters. The second-order valence-electron chi connectivity index (χ2n) is 5.07.